The Labute approximate surface area is 106 Å². The standard InChI is InChI=1S/C12H18N2O2S/c1-12(16,6-8-17-2)9-14-11(15)10-5-3-4-7-13-10/h3-5,7,16H,6,8-9H2,1-2H3,(H,14,15)/t12-/m0/s1. The van der Waals surface area contributed by atoms with Crippen molar-refractivity contribution in [3.63, 3.8) is 0 Å². The van der Waals surface area contributed by atoms with Crippen molar-refractivity contribution in [2.75, 3.05) is 18.6 Å². The summed E-state index contributed by atoms with van der Waals surface area (Å²) in [6.07, 6.45) is 4.21. The van der Waals surface area contributed by atoms with E-state index >= 15 is 0 Å². The van der Waals surface area contributed by atoms with Crippen LogP contribution in [0.1, 0.15) is 23.8 Å². The molecule has 0 radical (unpaired) electrons. The zero-order valence-electron chi connectivity index (χ0n) is 10.1. The van der Waals surface area contributed by atoms with Gasteiger partial charge >= 0.3 is 0 Å². The Kier molecular flexibility index (Phi) is 5.44. The molecule has 0 fully saturated rings. The van der Waals surface area contributed by atoms with Gasteiger partial charge in [0.05, 0.1) is 5.60 Å². The number of aliphatic hydroxyl groups is 1. The molecule has 0 unspecified atom stereocenters. The number of hydrogen-bond acceptors (Lipinski definition) is 4. The second-order valence-corrected chi connectivity index (χ2v) is 5.12. The molecule has 0 bridgehead atoms. The number of nitrogens with one attached hydrogen (secondary N) is 1. The fourth-order valence-electron chi connectivity index (χ4n) is 1.27. The van der Waals surface area contributed by atoms with Gasteiger partial charge in [0.1, 0.15) is 5.69 Å². The maximum atomic E-state index is 11.7. The van der Waals surface area contributed by atoms with Gasteiger partial charge in [-0.3, -0.25) is 9.78 Å². The lowest BCUT2D eigenvalue weighted by molar-refractivity contribution is 0.0527. The van der Waals surface area contributed by atoms with Crippen molar-refractivity contribution in [3.05, 3.63) is 30.1 Å². The van der Waals surface area contributed by atoms with E-state index in [0.717, 1.165) is 5.75 Å². The van der Waals surface area contributed by atoms with Gasteiger partial charge in [-0.25, -0.2) is 0 Å². The number of nitrogens with zero attached hydrogens (tertiary/aromatic N) is 1. The highest BCUT2D eigenvalue weighted by molar-refractivity contribution is 7.98. The first kappa shape index (κ1) is 14.0. The van der Waals surface area contributed by atoms with Gasteiger partial charge in [-0.15, -0.1) is 0 Å². The van der Waals surface area contributed by atoms with Gasteiger partial charge in [-0.2, -0.15) is 11.8 Å². The van der Waals surface area contributed by atoms with Crippen LogP contribution >= 0.6 is 11.8 Å². The van der Waals surface area contributed by atoms with Crippen molar-refractivity contribution in [1.29, 1.82) is 0 Å². The summed E-state index contributed by atoms with van der Waals surface area (Å²) >= 11 is 1.67. The predicted octanol–water partition coefficient (Wildman–Crippen LogP) is 1.32. The molecule has 0 aliphatic carbocycles. The monoisotopic (exact) mass is 254 g/mol. The van der Waals surface area contributed by atoms with E-state index in [9.17, 15) is 9.90 Å². The Bertz CT molecular complexity index is 355. The molecule has 0 aliphatic heterocycles. The lowest BCUT2D eigenvalue weighted by Gasteiger charge is -2.23. The second kappa shape index (κ2) is 6.61. The average Bonchev–Trinajstić information content (AvgIpc) is 2.35. The number of rotatable bonds is 6. The first-order chi connectivity index (χ1) is 8.05. The third-order valence-corrected chi connectivity index (χ3v) is 2.98. The summed E-state index contributed by atoms with van der Waals surface area (Å²) in [6, 6.07) is 5.16. The number of carbonyl (C=O) groups is 1. The van der Waals surface area contributed by atoms with E-state index in [0.29, 0.717) is 12.1 Å². The smallest absolute Gasteiger partial charge is 0.269 e. The van der Waals surface area contributed by atoms with Crippen molar-refractivity contribution < 1.29 is 9.90 Å². The van der Waals surface area contributed by atoms with Gasteiger partial charge in [0.2, 0.25) is 0 Å². The number of aromatic nitrogens is 1. The summed E-state index contributed by atoms with van der Waals surface area (Å²) in [5, 5.41) is 12.7. The molecule has 1 rings (SSSR count). The Morgan fingerprint density at radius 3 is 2.94 bits per heavy atom. The van der Waals surface area contributed by atoms with E-state index in [-0.39, 0.29) is 12.5 Å². The van der Waals surface area contributed by atoms with Crippen molar-refractivity contribution >= 4 is 17.7 Å². The van der Waals surface area contributed by atoms with Crippen LogP contribution in [0.25, 0.3) is 0 Å². The van der Waals surface area contributed by atoms with Crippen molar-refractivity contribution in [2.45, 2.75) is 18.9 Å². The lowest BCUT2D eigenvalue weighted by atomic mass is 10.0. The van der Waals surface area contributed by atoms with Crippen LogP contribution in [-0.4, -0.2) is 40.2 Å². The van der Waals surface area contributed by atoms with Gasteiger partial charge < -0.3 is 10.4 Å². The van der Waals surface area contributed by atoms with Crippen LogP contribution in [0.3, 0.4) is 0 Å². The van der Waals surface area contributed by atoms with Crippen LogP contribution in [0, 0.1) is 0 Å². The van der Waals surface area contributed by atoms with Crippen LogP contribution in [0.5, 0.6) is 0 Å². The molecule has 1 heterocycles. The Morgan fingerprint density at radius 2 is 2.35 bits per heavy atom. The summed E-state index contributed by atoms with van der Waals surface area (Å²) in [5.74, 6) is 0.613. The molecule has 0 spiro atoms. The normalized spacial score (nSPS) is 14.1. The first-order valence-corrected chi connectivity index (χ1v) is 6.85. The summed E-state index contributed by atoms with van der Waals surface area (Å²) in [4.78, 5) is 15.6. The lowest BCUT2D eigenvalue weighted by Crippen LogP contribution is -2.41. The molecule has 17 heavy (non-hydrogen) atoms. The Balaban J connectivity index is 2.43. The first-order valence-electron chi connectivity index (χ1n) is 5.46. The molecule has 5 heteroatoms. The van der Waals surface area contributed by atoms with E-state index in [2.05, 4.69) is 10.3 Å². The second-order valence-electron chi connectivity index (χ2n) is 4.14. The number of amides is 1. The third kappa shape index (κ3) is 5.19. The van der Waals surface area contributed by atoms with Gasteiger partial charge in [-0.05, 0) is 37.5 Å². The fourth-order valence-corrected chi connectivity index (χ4v) is 1.91. The SMILES string of the molecule is CSCC[C@](C)(O)CNC(=O)c1ccccn1. The van der Waals surface area contributed by atoms with E-state index in [1.807, 2.05) is 6.26 Å². The molecule has 1 aromatic rings. The highest BCUT2D eigenvalue weighted by atomic mass is 32.2. The summed E-state index contributed by atoms with van der Waals surface area (Å²) in [6.45, 7) is 1.96. The highest BCUT2D eigenvalue weighted by Crippen LogP contribution is 2.11. The fraction of sp³-hybridized carbons (Fsp3) is 0.500. The molecule has 1 aromatic heterocycles. The number of pyridine rings is 1. The van der Waals surface area contributed by atoms with Crippen molar-refractivity contribution in [3.8, 4) is 0 Å². The maximum Gasteiger partial charge on any atom is 0.269 e. The third-order valence-electron chi connectivity index (χ3n) is 2.37. The van der Waals surface area contributed by atoms with Crippen LogP contribution in [0.15, 0.2) is 24.4 Å². The van der Waals surface area contributed by atoms with Crippen LogP contribution in [0.2, 0.25) is 0 Å². The molecular formula is C12H18N2O2S. The number of hydrogen-bond donors (Lipinski definition) is 2. The molecule has 0 saturated heterocycles. The molecule has 1 atom stereocenters. The van der Waals surface area contributed by atoms with Crippen molar-refractivity contribution in [2.24, 2.45) is 0 Å². The minimum Gasteiger partial charge on any atom is -0.388 e. The van der Waals surface area contributed by atoms with E-state index in [1.165, 1.54) is 0 Å². The molecule has 2 N–H and O–H groups in total. The van der Waals surface area contributed by atoms with Crippen LogP contribution in [-0.2, 0) is 0 Å². The van der Waals surface area contributed by atoms with Gasteiger partial charge in [0.15, 0.2) is 0 Å². The predicted molar refractivity (Wildman–Crippen MR) is 70.2 cm³/mol. The summed E-state index contributed by atoms with van der Waals surface area (Å²) < 4.78 is 0. The van der Waals surface area contributed by atoms with Gasteiger partial charge in [-0.1, -0.05) is 6.07 Å². The van der Waals surface area contributed by atoms with Gasteiger partial charge in [0.25, 0.3) is 5.91 Å². The zero-order chi connectivity index (χ0) is 12.7. The molecule has 4 nitrogen and oxygen atoms in total. The maximum absolute atomic E-state index is 11.7. The molecule has 0 aliphatic rings. The number of carbonyl (C=O) groups excluding carboxylic acids is 1. The van der Waals surface area contributed by atoms with Crippen LogP contribution < -0.4 is 5.32 Å². The van der Waals surface area contributed by atoms with E-state index < -0.39 is 5.60 Å². The molecule has 1 amide bonds. The average molecular weight is 254 g/mol. The molecular weight excluding hydrogens is 236 g/mol. The van der Waals surface area contributed by atoms with E-state index in [1.54, 1.807) is 43.1 Å². The Hall–Kier alpha value is -1.07. The minimum atomic E-state index is -0.868. The highest BCUT2D eigenvalue weighted by Gasteiger charge is 2.21. The summed E-state index contributed by atoms with van der Waals surface area (Å²) in [5.41, 5.74) is -0.499. The zero-order valence-corrected chi connectivity index (χ0v) is 11.0. The van der Waals surface area contributed by atoms with Crippen molar-refractivity contribution in [1.82, 2.24) is 10.3 Å². The summed E-state index contributed by atoms with van der Waals surface area (Å²) in [7, 11) is 0. The quantitative estimate of drug-likeness (QED) is 0.803. The van der Waals surface area contributed by atoms with Crippen LogP contribution in [0.4, 0.5) is 0 Å². The van der Waals surface area contributed by atoms with E-state index in [4.69, 9.17) is 0 Å². The topological polar surface area (TPSA) is 62.2 Å². The van der Waals surface area contributed by atoms with Gasteiger partial charge in [0, 0.05) is 12.7 Å². The Morgan fingerprint density at radius 1 is 1.59 bits per heavy atom. The molecule has 94 valence electrons. The minimum absolute atomic E-state index is 0.239. The largest absolute Gasteiger partial charge is 0.388 e. The molecule has 0 aromatic carbocycles. The number of thioether (sulfide) groups is 1. The molecule has 0 saturated carbocycles.